The summed E-state index contributed by atoms with van der Waals surface area (Å²) < 4.78 is 0. The van der Waals surface area contributed by atoms with Crippen LogP contribution in [0.3, 0.4) is 0 Å². The smallest absolute Gasteiger partial charge is 0.226 e. The third kappa shape index (κ3) is 4.05. The Labute approximate surface area is 142 Å². The quantitative estimate of drug-likeness (QED) is 0.920. The van der Waals surface area contributed by atoms with Crippen LogP contribution in [0.1, 0.15) is 31.7 Å². The minimum absolute atomic E-state index is 0.0105. The van der Waals surface area contributed by atoms with Crippen LogP contribution >= 0.6 is 11.6 Å². The highest BCUT2D eigenvalue weighted by Gasteiger charge is 2.49. The van der Waals surface area contributed by atoms with Gasteiger partial charge in [0.05, 0.1) is 11.8 Å². The van der Waals surface area contributed by atoms with Gasteiger partial charge in [0.25, 0.3) is 0 Å². The van der Waals surface area contributed by atoms with Crippen molar-refractivity contribution in [2.24, 2.45) is 17.8 Å². The molecule has 1 saturated heterocycles. The average Bonchev–Trinajstić information content (AvgIpc) is 3.35. The number of nitrogens with one attached hydrogen (secondary N) is 1. The summed E-state index contributed by atoms with van der Waals surface area (Å²) in [6.07, 6.45) is 2.84. The molecule has 0 bridgehead atoms. The van der Waals surface area contributed by atoms with E-state index in [-0.39, 0.29) is 23.7 Å². The Morgan fingerprint density at radius 3 is 2.48 bits per heavy atom. The lowest BCUT2D eigenvalue weighted by Gasteiger charge is -2.30. The summed E-state index contributed by atoms with van der Waals surface area (Å²) >= 11 is 5.84. The molecule has 1 saturated carbocycles. The van der Waals surface area contributed by atoms with Crippen molar-refractivity contribution in [3.05, 3.63) is 34.9 Å². The lowest BCUT2D eigenvalue weighted by molar-refractivity contribution is -0.135. The molecular formula is C18H23ClN2O2. The fourth-order valence-electron chi connectivity index (χ4n) is 3.14. The van der Waals surface area contributed by atoms with Crippen molar-refractivity contribution in [3.8, 4) is 0 Å². The summed E-state index contributed by atoms with van der Waals surface area (Å²) in [5.74, 6) is 0.617. The van der Waals surface area contributed by atoms with Crippen LogP contribution in [0.5, 0.6) is 0 Å². The van der Waals surface area contributed by atoms with Crippen molar-refractivity contribution in [3.63, 3.8) is 0 Å². The van der Waals surface area contributed by atoms with Crippen LogP contribution in [0.15, 0.2) is 24.3 Å². The van der Waals surface area contributed by atoms with Crippen LogP contribution in [-0.2, 0) is 16.1 Å². The minimum atomic E-state index is -0.144. The Hall–Kier alpha value is -1.55. The van der Waals surface area contributed by atoms with Crippen molar-refractivity contribution in [1.82, 2.24) is 10.2 Å². The molecule has 1 aromatic carbocycles. The van der Waals surface area contributed by atoms with E-state index in [4.69, 9.17) is 11.6 Å². The largest absolute Gasteiger partial charge is 0.352 e. The number of likely N-dealkylation sites (tertiary alicyclic amines) is 1. The van der Waals surface area contributed by atoms with Crippen LogP contribution in [0.25, 0.3) is 0 Å². The second-order valence-corrected chi connectivity index (χ2v) is 7.24. The van der Waals surface area contributed by atoms with Gasteiger partial charge in [-0.05, 0) is 42.9 Å². The molecule has 0 radical (unpaired) electrons. The van der Waals surface area contributed by atoms with E-state index in [1.807, 2.05) is 29.2 Å². The molecule has 3 rings (SSSR count). The van der Waals surface area contributed by atoms with Gasteiger partial charge in [0.2, 0.25) is 11.8 Å². The molecular weight excluding hydrogens is 312 g/mol. The minimum Gasteiger partial charge on any atom is -0.352 e. The second-order valence-electron chi connectivity index (χ2n) is 6.80. The highest BCUT2D eigenvalue weighted by Crippen LogP contribution is 2.40. The maximum Gasteiger partial charge on any atom is 0.226 e. The fourth-order valence-corrected chi connectivity index (χ4v) is 3.27. The number of benzene rings is 1. The molecule has 2 aliphatic rings. The van der Waals surface area contributed by atoms with E-state index in [2.05, 4.69) is 12.2 Å². The molecule has 1 N–H and O–H groups in total. The SMILES string of the molecule is CC1CCN(C(=O)C2CC2C(=O)NCc2ccc(Cl)cc2)CC1. The van der Waals surface area contributed by atoms with Crippen LogP contribution < -0.4 is 5.32 Å². The highest BCUT2D eigenvalue weighted by atomic mass is 35.5. The Morgan fingerprint density at radius 1 is 1.17 bits per heavy atom. The predicted octanol–water partition coefficient (Wildman–Crippen LogP) is 2.85. The molecule has 2 amide bonds. The van der Waals surface area contributed by atoms with Crippen molar-refractivity contribution < 1.29 is 9.59 Å². The molecule has 2 atom stereocenters. The van der Waals surface area contributed by atoms with Gasteiger partial charge in [0.15, 0.2) is 0 Å². The number of hydrogen-bond donors (Lipinski definition) is 1. The van der Waals surface area contributed by atoms with Crippen molar-refractivity contribution >= 4 is 23.4 Å². The predicted molar refractivity (Wildman–Crippen MR) is 89.9 cm³/mol. The first kappa shape index (κ1) is 16.3. The second kappa shape index (κ2) is 6.91. The molecule has 1 aliphatic carbocycles. The van der Waals surface area contributed by atoms with Gasteiger partial charge in [-0.1, -0.05) is 30.7 Å². The Kier molecular flexibility index (Phi) is 4.90. The maximum absolute atomic E-state index is 12.4. The lowest BCUT2D eigenvalue weighted by atomic mass is 9.99. The van der Waals surface area contributed by atoms with Crippen LogP contribution in [0, 0.1) is 17.8 Å². The van der Waals surface area contributed by atoms with E-state index < -0.39 is 0 Å². The van der Waals surface area contributed by atoms with Gasteiger partial charge < -0.3 is 10.2 Å². The molecule has 1 aromatic rings. The Bertz CT molecular complexity index is 579. The average molecular weight is 335 g/mol. The molecule has 4 nitrogen and oxygen atoms in total. The lowest BCUT2D eigenvalue weighted by Crippen LogP contribution is -2.39. The third-order valence-electron chi connectivity index (χ3n) is 4.92. The summed E-state index contributed by atoms with van der Waals surface area (Å²) in [4.78, 5) is 26.6. The van der Waals surface area contributed by atoms with Crippen molar-refractivity contribution in [2.75, 3.05) is 13.1 Å². The van der Waals surface area contributed by atoms with Crippen molar-refractivity contribution in [2.45, 2.75) is 32.7 Å². The van der Waals surface area contributed by atoms with E-state index in [9.17, 15) is 9.59 Å². The van der Waals surface area contributed by atoms with Gasteiger partial charge in [-0.2, -0.15) is 0 Å². The maximum atomic E-state index is 12.4. The van der Waals surface area contributed by atoms with E-state index in [0.717, 1.165) is 31.5 Å². The number of carbonyl (C=O) groups is 2. The molecule has 2 unspecified atom stereocenters. The topological polar surface area (TPSA) is 49.4 Å². The molecule has 23 heavy (non-hydrogen) atoms. The number of hydrogen-bond acceptors (Lipinski definition) is 2. The third-order valence-corrected chi connectivity index (χ3v) is 5.17. The van der Waals surface area contributed by atoms with E-state index in [1.54, 1.807) is 0 Å². The first-order valence-corrected chi connectivity index (χ1v) is 8.73. The van der Waals surface area contributed by atoms with E-state index in [1.165, 1.54) is 0 Å². The molecule has 5 heteroatoms. The zero-order chi connectivity index (χ0) is 16.4. The van der Waals surface area contributed by atoms with Gasteiger partial charge in [0.1, 0.15) is 0 Å². The van der Waals surface area contributed by atoms with Crippen LogP contribution in [-0.4, -0.2) is 29.8 Å². The van der Waals surface area contributed by atoms with Crippen molar-refractivity contribution in [1.29, 1.82) is 0 Å². The van der Waals surface area contributed by atoms with Gasteiger partial charge >= 0.3 is 0 Å². The normalized spacial score (nSPS) is 24.3. The Morgan fingerprint density at radius 2 is 1.83 bits per heavy atom. The van der Waals surface area contributed by atoms with Gasteiger partial charge in [-0.15, -0.1) is 0 Å². The number of amides is 2. The molecule has 0 aromatic heterocycles. The fraction of sp³-hybridized carbons (Fsp3) is 0.556. The first-order valence-electron chi connectivity index (χ1n) is 8.35. The zero-order valence-electron chi connectivity index (χ0n) is 13.4. The summed E-state index contributed by atoms with van der Waals surface area (Å²) in [6.45, 7) is 4.39. The number of rotatable bonds is 4. The Balaban J connectivity index is 1.45. The molecule has 1 heterocycles. The summed E-state index contributed by atoms with van der Waals surface area (Å²) in [7, 11) is 0. The zero-order valence-corrected chi connectivity index (χ0v) is 14.2. The van der Waals surface area contributed by atoms with Gasteiger partial charge in [0, 0.05) is 24.7 Å². The molecule has 1 aliphatic heterocycles. The number of carbonyl (C=O) groups excluding carboxylic acids is 2. The first-order chi connectivity index (χ1) is 11.0. The monoisotopic (exact) mass is 334 g/mol. The number of nitrogens with zero attached hydrogens (tertiary/aromatic N) is 1. The highest BCUT2D eigenvalue weighted by molar-refractivity contribution is 6.30. The van der Waals surface area contributed by atoms with E-state index in [0.29, 0.717) is 23.9 Å². The number of piperidine rings is 1. The molecule has 0 spiro atoms. The summed E-state index contributed by atoms with van der Waals surface area (Å²) in [5.41, 5.74) is 1.01. The molecule has 124 valence electrons. The number of halogens is 1. The van der Waals surface area contributed by atoms with Crippen LogP contribution in [0.2, 0.25) is 5.02 Å². The summed E-state index contributed by atoms with van der Waals surface area (Å²) in [6, 6.07) is 7.41. The summed E-state index contributed by atoms with van der Waals surface area (Å²) in [5, 5.41) is 3.61. The standard InChI is InChI=1S/C18H23ClN2O2/c1-12-6-8-21(9-7-12)18(23)16-10-15(16)17(22)20-11-13-2-4-14(19)5-3-13/h2-5,12,15-16H,6-11H2,1H3,(H,20,22). The van der Waals surface area contributed by atoms with Gasteiger partial charge in [-0.25, -0.2) is 0 Å². The van der Waals surface area contributed by atoms with Crippen LogP contribution in [0.4, 0.5) is 0 Å². The molecule has 2 fully saturated rings. The van der Waals surface area contributed by atoms with E-state index >= 15 is 0 Å². The van der Waals surface area contributed by atoms with Gasteiger partial charge in [-0.3, -0.25) is 9.59 Å².